The number of carbonyl (C=O) groups is 1. The van der Waals surface area contributed by atoms with Crippen LogP contribution in [-0.4, -0.2) is 28.9 Å². The van der Waals surface area contributed by atoms with E-state index in [0.717, 1.165) is 6.07 Å². The number of para-hydroxylation sites is 1. The third-order valence-electron chi connectivity index (χ3n) is 3.47. The maximum Gasteiger partial charge on any atom is 0.417 e. The number of pyridine rings is 1. The summed E-state index contributed by atoms with van der Waals surface area (Å²) in [5, 5.41) is 16.4. The number of nitrogens with zero attached hydrogens (tertiary/aromatic N) is 2. The van der Waals surface area contributed by atoms with Gasteiger partial charge in [0.05, 0.1) is 10.5 Å². The van der Waals surface area contributed by atoms with E-state index in [4.69, 9.17) is 0 Å². The molecule has 0 atom stereocenters. The molecule has 7 nitrogen and oxygen atoms in total. The Balaban J connectivity index is 1.90. The van der Waals surface area contributed by atoms with Crippen LogP contribution < -0.4 is 10.6 Å². The molecule has 2 N–H and O–H groups in total. The topological polar surface area (TPSA) is 97.2 Å². The highest BCUT2D eigenvalue weighted by Crippen LogP contribution is 2.28. The molecule has 1 heterocycles. The zero-order valence-electron chi connectivity index (χ0n) is 13.6. The van der Waals surface area contributed by atoms with Gasteiger partial charge in [-0.1, -0.05) is 12.1 Å². The normalized spacial score (nSPS) is 11.1. The quantitative estimate of drug-likeness (QED) is 0.464. The van der Waals surface area contributed by atoms with Crippen LogP contribution in [0.25, 0.3) is 0 Å². The minimum absolute atomic E-state index is 0.0531. The average Bonchev–Trinajstić information content (AvgIpc) is 2.57. The largest absolute Gasteiger partial charge is 0.417 e. The van der Waals surface area contributed by atoms with Gasteiger partial charge >= 0.3 is 6.18 Å². The van der Waals surface area contributed by atoms with E-state index in [2.05, 4.69) is 15.6 Å². The summed E-state index contributed by atoms with van der Waals surface area (Å²) in [7, 11) is 0. The highest BCUT2D eigenvalue weighted by molar-refractivity contribution is 5.98. The molecular formula is C16H15F3N4O3. The zero-order chi connectivity index (χ0) is 19.3. The van der Waals surface area contributed by atoms with Crippen LogP contribution >= 0.6 is 0 Å². The van der Waals surface area contributed by atoms with Crippen LogP contribution in [0.3, 0.4) is 0 Å². The number of benzene rings is 1. The molecule has 0 saturated carbocycles. The Labute approximate surface area is 146 Å². The van der Waals surface area contributed by atoms with Crippen molar-refractivity contribution in [3.05, 3.63) is 63.3 Å². The van der Waals surface area contributed by atoms with Crippen LogP contribution in [0.5, 0.6) is 0 Å². The highest BCUT2D eigenvalue weighted by atomic mass is 19.4. The molecule has 1 aromatic heterocycles. The SMILES string of the molecule is Cc1cccc(C(=O)NCCNc2ccc(C(F)(F)F)cn2)c1[N+](=O)[O-]. The van der Waals surface area contributed by atoms with Crippen molar-refractivity contribution in [2.24, 2.45) is 0 Å². The minimum atomic E-state index is -4.46. The molecule has 0 radical (unpaired) electrons. The van der Waals surface area contributed by atoms with Gasteiger partial charge in [0, 0.05) is 24.8 Å². The minimum Gasteiger partial charge on any atom is -0.368 e. The van der Waals surface area contributed by atoms with E-state index in [1.165, 1.54) is 25.1 Å². The van der Waals surface area contributed by atoms with Crippen molar-refractivity contribution in [1.29, 1.82) is 0 Å². The van der Waals surface area contributed by atoms with Crippen molar-refractivity contribution >= 4 is 17.4 Å². The maximum absolute atomic E-state index is 12.4. The molecule has 0 spiro atoms. The molecule has 26 heavy (non-hydrogen) atoms. The molecular weight excluding hydrogens is 353 g/mol. The van der Waals surface area contributed by atoms with Gasteiger partial charge < -0.3 is 10.6 Å². The van der Waals surface area contributed by atoms with Gasteiger partial charge in [-0.05, 0) is 25.1 Å². The average molecular weight is 368 g/mol. The number of aromatic nitrogens is 1. The molecule has 0 fully saturated rings. The van der Waals surface area contributed by atoms with Gasteiger partial charge in [-0.2, -0.15) is 13.2 Å². The number of hydrogen-bond acceptors (Lipinski definition) is 5. The first-order chi connectivity index (χ1) is 12.2. The summed E-state index contributed by atoms with van der Waals surface area (Å²) < 4.78 is 37.3. The Kier molecular flexibility index (Phi) is 5.75. The summed E-state index contributed by atoms with van der Waals surface area (Å²) in [5.41, 5.74) is -0.803. The first-order valence-electron chi connectivity index (χ1n) is 7.49. The molecule has 0 saturated heterocycles. The zero-order valence-corrected chi connectivity index (χ0v) is 13.6. The van der Waals surface area contributed by atoms with Gasteiger partial charge in [0.2, 0.25) is 0 Å². The van der Waals surface area contributed by atoms with E-state index >= 15 is 0 Å². The van der Waals surface area contributed by atoms with E-state index in [-0.39, 0.29) is 30.2 Å². The van der Waals surface area contributed by atoms with Crippen LogP contribution in [0.1, 0.15) is 21.5 Å². The Morgan fingerprint density at radius 3 is 2.54 bits per heavy atom. The maximum atomic E-state index is 12.4. The molecule has 1 aromatic carbocycles. The number of anilines is 1. The van der Waals surface area contributed by atoms with Gasteiger partial charge in [-0.15, -0.1) is 0 Å². The number of rotatable bonds is 6. The molecule has 1 amide bonds. The summed E-state index contributed by atoms with van der Waals surface area (Å²) in [4.78, 5) is 26.2. The number of carbonyl (C=O) groups excluding carboxylic acids is 1. The van der Waals surface area contributed by atoms with Crippen molar-refractivity contribution < 1.29 is 22.9 Å². The molecule has 138 valence electrons. The molecule has 2 aromatic rings. The predicted molar refractivity (Wildman–Crippen MR) is 87.9 cm³/mol. The van der Waals surface area contributed by atoms with Crippen LogP contribution in [0.2, 0.25) is 0 Å². The van der Waals surface area contributed by atoms with E-state index < -0.39 is 22.6 Å². The van der Waals surface area contributed by atoms with Crippen molar-refractivity contribution in [2.75, 3.05) is 18.4 Å². The monoisotopic (exact) mass is 368 g/mol. The van der Waals surface area contributed by atoms with Gasteiger partial charge in [-0.3, -0.25) is 14.9 Å². The summed E-state index contributed by atoms with van der Waals surface area (Å²) in [6.45, 7) is 1.82. The fourth-order valence-electron chi connectivity index (χ4n) is 2.21. The Morgan fingerprint density at radius 1 is 1.23 bits per heavy atom. The van der Waals surface area contributed by atoms with Crippen molar-refractivity contribution in [1.82, 2.24) is 10.3 Å². The van der Waals surface area contributed by atoms with Gasteiger partial charge in [-0.25, -0.2) is 4.98 Å². The van der Waals surface area contributed by atoms with Crippen LogP contribution in [0.15, 0.2) is 36.5 Å². The van der Waals surface area contributed by atoms with Crippen LogP contribution in [0.4, 0.5) is 24.7 Å². The fourth-order valence-corrected chi connectivity index (χ4v) is 2.21. The second kappa shape index (κ2) is 7.81. The number of aryl methyl sites for hydroxylation is 1. The number of hydrogen-bond donors (Lipinski definition) is 2. The number of halogens is 3. The van der Waals surface area contributed by atoms with Gasteiger partial charge in [0.25, 0.3) is 11.6 Å². The highest BCUT2D eigenvalue weighted by Gasteiger charge is 2.30. The first kappa shape index (κ1) is 19.2. The van der Waals surface area contributed by atoms with Crippen molar-refractivity contribution in [3.8, 4) is 0 Å². The molecule has 10 heteroatoms. The van der Waals surface area contributed by atoms with Crippen molar-refractivity contribution in [2.45, 2.75) is 13.1 Å². The smallest absolute Gasteiger partial charge is 0.368 e. The molecule has 2 rings (SSSR count). The standard InChI is InChI=1S/C16H15F3N4O3/c1-10-3-2-4-12(14(10)23(25)26)15(24)21-8-7-20-13-6-5-11(9-22-13)16(17,18)19/h2-6,9H,7-8H2,1H3,(H,20,22)(H,21,24). The van der Waals surface area contributed by atoms with Crippen LogP contribution in [-0.2, 0) is 6.18 Å². The fraction of sp³-hybridized carbons (Fsp3) is 0.250. The summed E-state index contributed by atoms with van der Waals surface area (Å²) in [5.74, 6) is -0.392. The lowest BCUT2D eigenvalue weighted by Gasteiger charge is -2.10. The summed E-state index contributed by atoms with van der Waals surface area (Å²) in [6, 6.07) is 6.50. The van der Waals surface area contributed by atoms with Crippen molar-refractivity contribution in [3.63, 3.8) is 0 Å². The lowest BCUT2D eigenvalue weighted by molar-refractivity contribution is -0.385. The number of nitro groups is 1. The number of amides is 1. The second-order valence-corrected chi connectivity index (χ2v) is 5.34. The lowest BCUT2D eigenvalue weighted by atomic mass is 10.1. The van der Waals surface area contributed by atoms with Crippen LogP contribution in [0, 0.1) is 17.0 Å². The van der Waals surface area contributed by atoms with E-state index in [0.29, 0.717) is 11.8 Å². The Morgan fingerprint density at radius 2 is 1.96 bits per heavy atom. The van der Waals surface area contributed by atoms with E-state index in [9.17, 15) is 28.1 Å². The number of alkyl halides is 3. The van der Waals surface area contributed by atoms with E-state index in [1.807, 2.05) is 0 Å². The summed E-state index contributed by atoms with van der Waals surface area (Å²) >= 11 is 0. The number of nitrogens with one attached hydrogen (secondary N) is 2. The Hall–Kier alpha value is -3.17. The third-order valence-corrected chi connectivity index (χ3v) is 3.47. The molecule has 0 aliphatic heterocycles. The third kappa shape index (κ3) is 4.68. The number of nitro benzene ring substituents is 1. The predicted octanol–water partition coefficient (Wildman–Crippen LogP) is 3.16. The van der Waals surface area contributed by atoms with Gasteiger partial charge in [0.15, 0.2) is 0 Å². The first-order valence-corrected chi connectivity index (χ1v) is 7.49. The lowest BCUT2D eigenvalue weighted by Crippen LogP contribution is -2.29. The molecule has 0 aliphatic rings. The van der Waals surface area contributed by atoms with Gasteiger partial charge in [0.1, 0.15) is 11.4 Å². The van der Waals surface area contributed by atoms with E-state index in [1.54, 1.807) is 6.07 Å². The molecule has 0 aliphatic carbocycles. The molecule has 0 bridgehead atoms. The summed E-state index contributed by atoms with van der Waals surface area (Å²) in [6.07, 6.45) is -3.75. The molecule has 0 unspecified atom stereocenters. The Bertz CT molecular complexity index is 807. The second-order valence-electron chi connectivity index (χ2n) is 5.34.